The van der Waals surface area contributed by atoms with E-state index in [0.29, 0.717) is 0 Å². The van der Waals surface area contributed by atoms with Crippen LogP contribution in [0.4, 0.5) is 102 Å². The fraction of sp³-hybridized carbons (Fsp3) is 0. The molecule has 2 aromatic heterocycles. The predicted octanol–water partition coefficient (Wildman–Crippen LogP) is 24.9. The Morgan fingerprint density at radius 2 is 0.589 bits per heavy atom. The van der Waals surface area contributed by atoms with Crippen molar-refractivity contribution < 1.29 is 0 Å². The lowest BCUT2D eigenvalue weighted by molar-refractivity contribution is 1.22. The van der Waals surface area contributed by atoms with E-state index in [9.17, 15) is 0 Å². The van der Waals surface area contributed by atoms with Crippen molar-refractivity contribution >= 4 is 212 Å². The summed E-state index contributed by atoms with van der Waals surface area (Å²) < 4.78 is 5.00. The molecule has 0 unspecified atom stereocenters. The Balaban J connectivity index is 0.851. The Morgan fingerprint density at radius 3 is 1.11 bits per heavy atom. The number of nitrogens with zero attached hydrogens (tertiary/aromatic N) is 6. The van der Waals surface area contributed by atoms with Crippen molar-refractivity contribution in [2.75, 3.05) is 29.4 Å². The Bertz CT molecular complexity index is 6850. The van der Waals surface area contributed by atoms with Crippen LogP contribution in [0.3, 0.4) is 0 Å². The van der Waals surface area contributed by atoms with E-state index in [1.165, 1.54) is 73.1 Å². The van der Waals surface area contributed by atoms with Crippen LogP contribution in [0.1, 0.15) is 0 Å². The fourth-order valence-corrected chi connectivity index (χ4v) is 21.1. The Kier molecular flexibility index (Phi) is 14.8. The molecule has 23 rings (SSSR count). The largest absolute Gasteiger partial charge is 0.311 e. The van der Waals surface area contributed by atoms with Crippen molar-refractivity contribution in [3.05, 3.63) is 400 Å². The zero-order chi connectivity index (χ0) is 73.5. The van der Waals surface area contributed by atoms with Gasteiger partial charge in [0.2, 0.25) is 0 Å². The summed E-state index contributed by atoms with van der Waals surface area (Å²) in [6, 6.07) is 150. The van der Waals surface area contributed by atoms with Crippen molar-refractivity contribution in [3.8, 4) is 22.3 Å². The maximum absolute atomic E-state index is 2.67. The van der Waals surface area contributed by atoms with E-state index in [0.717, 1.165) is 125 Å². The summed E-state index contributed by atoms with van der Waals surface area (Å²) in [5.41, 5.74) is 31.7. The van der Waals surface area contributed by atoms with E-state index in [1.54, 1.807) is 0 Å². The number of para-hydroxylation sites is 8. The highest BCUT2D eigenvalue weighted by molar-refractivity contribution is 7.27. The fourth-order valence-electron chi connectivity index (χ4n) is 18.7. The minimum absolute atomic E-state index is 0.235. The van der Waals surface area contributed by atoms with Crippen LogP contribution in [0.15, 0.2) is 400 Å². The first kappa shape index (κ1) is 64.1. The number of benzene rings is 17. The van der Waals surface area contributed by atoms with Gasteiger partial charge >= 0.3 is 0 Å². The van der Waals surface area contributed by atoms with Gasteiger partial charge in [0, 0.05) is 116 Å². The molecule has 522 valence electrons. The summed E-state index contributed by atoms with van der Waals surface area (Å²) >= 11 is 3.75. The second-order valence-corrected chi connectivity index (χ2v) is 31.5. The highest BCUT2D eigenvalue weighted by atomic mass is 32.1. The number of anilines is 18. The van der Waals surface area contributed by atoms with E-state index in [4.69, 9.17) is 0 Å². The molecule has 0 atom stereocenters. The summed E-state index contributed by atoms with van der Waals surface area (Å²) in [4.78, 5) is 15.5. The SMILES string of the molecule is c1ccc(-c2cccc(-c3ccccc3)c2N2c3ccccc3B3c4cc5c(cc4N(c4ccccc4)c4cc(N(c6ccccc6)c6cccc7c6sc6ccccc67)cc2c43)N(c2ccccc2)c2cc(N(c3ccccc3)c3ccccc3)cc3c2B5c2ccccc2N3c2cccc3c2sc2ccccc23)cc1. The summed E-state index contributed by atoms with van der Waals surface area (Å²) in [6.07, 6.45) is 0. The van der Waals surface area contributed by atoms with Gasteiger partial charge < -0.3 is 29.4 Å². The van der Waals surface area contributed by atoms with Crippen LogP contribution in [0.25, 0.3) is 62.6 Å². The number of thiophene rings is 2. The van der Waals surface area contributed by atoms with Gasteiger partial charge in [-0.2, -0.15) is 0 Å². The molecule has 112 heavy (non-hydrogen) atoms. The van der Waals surface area contributed by atoms with Crippen LogP contribution in [0, 0.1) is 0 Å². The third kappa shape index (κ3) is 9.92. The molecule has 0 bridgehead atoms. The quantitative estimate of drug-likeness (QED) is 0.113. The molecule has 0 N–H and O–H groups in total. The standard InChI is InChI=1S/C102H66B2N6S2/c1-8-33-67(34-9-1)76-49-30-50-77(68-35-10-2-11-36-68)100(76)110-87-56-27-25-54-83(87)104-85-65-84-90(66-91(85)108(73-45-20-7-21-46-73)93-63-75(64-95(110)99(93)104)106(71-41-16-5-17-42-71)88-57-31-51-80-78-47-22-28-59-96(78)111-101(80)88)107(72-43-18-6-19-44-72)92-61-74(105(69-37-12-3-13-38-69)70-39-14-4-15-40-70)62-94-98(92)103(84)82-53-24-26-55-86(82)109(94)89-58-32-52-81-79-48-23-29-60-97(79)112-102(81)89/h1-66H. The third-order valence-electron chi connectivity index (χ3n) is 23.3. The highest BCUT2D eigenvalue weighted by Gasteiger charge is 2.50. The van der Waals surface area contributed by atoms with Crippen LogP contribution >= 0.6 is 22.7 Å². The maximum atomic E-state index is 2.67. The van der Waals surface area contributed by atoms with Gasteiger partial charge in [-0.05, 0) is 171 Å². The summed E-state index contributed by atoms with van der Waals surface area (Å²) in [6.45, 7) is -0.507. The van der Waals surface area contributed by atoms with Gasteiger partial charge in [0.1, 0.15) is 0 Å². The molecule has 0 fully saturated rings. The van der Waals surface area contributed by atoms with E-state index in [2.05, 4.69) is 430 Å². The minimum Gasteiger partial charge on any atom is -0.311 e. The average Bonchev–Trinajstić information content (AvgIpc) is 0.764. The molecular formula is C102H66B2N6S2. The first-order valence-corrected chi connectivity index (χ1v) is 40.1. The highest BCUT2D eigenvalue weighted by Crippen LogP contribution is 2.56. The number of hydrogen-bond donors (Lipinski definition) is 0. The van der Waals surface area contributed by atoms with Gasteiger partial charge in [-0.25, -0.2) is 0 Å². The van der Waals surface area contributed by atoms with Crippen LogP contribution in [-0.4, -0.2) is 13.4 Å². The number of hydrogen-bond acceptors (Lipinski definition) is 8. The van der Waals surface area contributed by atoms with E-state index >= 15 is 0 Å². The van der Waals surface area contributed by atoms with Crippen LogP contribution < -0.4 is 62.2 Å². The molecule has 19 aromatic rings. The van der Waals surface area contributed by atoms with Gasteiger partial charge in [-0.1, -0.05) is 273 Å². The van der Waals surface area contributed by atoms with Crippen molar-refractivity contribution in [1.29, 1.82) is 0 Å². The first-order chi connectivity index (χ1) is 55.6. The maximum Gasteiger partial charge on any atom is 0.252 e. The van der Waals surface area contributed by atoms with Gasteiger partial charge in [0.25, 0.3) is 13.4 Å². The monoisotopic (exact) mass is 1460 g/mol. The smallest absolute Gasteiger partial charge is 0.252 e. The number of rotatable bonds is 12. The molecule has 0 saturated heterocycles. The predicted molar refractivity (Wildman–Crippen MR) is 481 cm³/mol. The molecule has 4 aliphatic heterocycles. The van der Waals surface area contributed by atoms with Crippen molar-refractivity contribution in [2.24, 2.45) is 0 Å². The Morgan fingerprint density at radius 1 is 0.223 bits per heavy atom. The molecule has 0 amide bonds. The van der Waals surface area contributed by atoms with E-state index in [1.807, 2.05) is 22.7 Å². The first-order valence-electron chi connectivity index (χ1n) is 38.5. The topological polar surface area (TPSA) is 19.4 Å². The van der Waals surface area contributed by atoms with E-state index in [-0.39, 0.29) is 13.4 Å². The van der Waals surface area contributed by atoms with Crippen LogP contribution in [-0.2, 0) is 0 Å². The molecule has 0 saturated carbocycles. The van der Waals surface area contributed by atoms with Gasteiger partial charge in [0.05, 0.1) is 37.8 Å². The van der Waals surface area contributed by atoms with Crippen LogP contribution in [0.5, 0.6) is 0 Å². The third-order valence-corrected chi connectivity index (χ3v) is 25.7. The molecule has 6 heterocycles. The normalized spacial score (nSPS) is 12.9. The van der Waals surface area contributed by atoms with Crippen molar-refractivity contribution in [3.63, 3.8) is 0 Å². The zero-order valence-electron chi connectivity index (χ0n) is 60.8. The summed E-state index contributed by atoms with van der Waals surface area (Å²) in [5, 5.41) is 5.02. The van der Waals surface area contributed by atoms with Crippen LogP contribution in [0.2, 0.25) is 0 Å². The number of fused-ring (bicyclic) bond motifs is 14. The average molecular weight is 1460 g/mol. The molecule has 17 aromatic carbocycles. The Labute approximate surface area is 658 Å². The van der Waals surface area contributed by atoms with Gasteiger partial charge in [-0.15, -0.1) is 22.7 Å². The molecule has 0 spiro atoms. The minimum atomic E-state index is -0.272. The lowest BCUT2D eigenvalue weighted by atomic mass is 9.30. The Hall–Kier alpha value is -13.9. The van der Waals surface area contributed by atoms with E-state index < -0.39 is 0 Å². The summed E-state index contributed by atoms with van der Waals surface area (Å²) in [5.74, 6) is 0. The molecular weight excluding hydrogens is 1390 g/mol. The van der Waals surface area contributed by atoms with Gasteiger partial charge in [-0.3, -0.25) is 0 Å². The second-order valence-electron chi connectivity index (χ2n) is 29.4. The second kappa shape index (κ2) is 25.9. The molecule has 0 aliphatic carbocycles. The van der Waals surface area contributed by atoms with Gasteiger partial charge in [0.15, 0.2) is 0 Å². The lowest BCUT2D eigenvalue weighted by Crippen LogP contribution is -2.65. The molecule has 6 nitrogen and oxygen atoms in total. The lowest BCUT2D eigenvalue weighted by Gasteiger charge is -2.48. The molecule has 10 heteroatoms. The summed E-state index contributed by atoms with van der Waals surface area (Å²) in [7, 11) is 0. The van der Waals surface area contributed by atoms with Crippen molar-refractivity contribution in [1.82, 2.24) is 0 Å². The molecule has 0 radical (unpaired) electrons. The van der Waals surface area contributed by atoms with Crippen molar-refractivity contribution in [2.45, 2.75) is 0 Å². The molecule has 4 aliphatic rings. The zero-order valence-corrected chi connectivity index (χ0v) is 62.4.